The molecule has 4 rings (SSSR count). The summed E-state index contributed by atoms with van der Waals surface area (Å²) in [6, 6.07) is 8.85. The van der Waals surface area contributed by atoms with Crippen LogP contribution in [0.5, 0.6) is 17.2 Å². The van der Waals surface area contributed by atoms with Crippen molar-refractivity contribution in [1.82, 2.24) is 4.98 Å². The zero-order valence-electron chi connectivity index (χ0n) is 17.8. The van der Waals surface area contributed by atoms with Gasteiger partial charge in [-0.2, -0.15) is 0 Å². The average Bonchev–Trinajstić information content (AvgIpc) is 3.44. The Kier molecular flexibility index (Phi) is 6.61. The van der Waals surface area contributed by atoms with Crippen LogP contribution in [0.2, 0.25) is 0 Å². The molecule has 11 heteroatoms. The quantitative estimate of drug-likeness (QED) is 0.470. The molecule has 3 aromatic rings. The molecule has 1 unspecified atom stereocenters. The van der Waals surface area contributed by atoms with E-state index >= 15 is 0 Å². The van der Waals surface area contributed by atoms with E-state index in [1.807, 2.05) is 0 Å². The number of carbonyl (C=O) groups excluding carboxylic acids is 1. The second-order valence-corrected chi connectivity index (χ2v) is 8.27. The van der Waals surface area contributed by atoms with Crippen molar-refractivity contribution < 1.29 is 36.9 Å². The Hall–Kier alpha value is -3.05. The van der Waals surface area contributed by atoms with Crippen molar-refractivity contribution >= 4 is 32.6 Å². The minimum Gasteiger partial charge on any atom is -0.493 e. The van der Waals surface area contributed by atoms with Crippen LogP contribution in [-0.4, -0.2) is 50.7 Å². The summed E-state index contributed by atoms with van der Waals surface area (Å²) in [5, 5.41) is 0.333. The summed E-state index contributed by atoms with van der Waals surface area (Å²) in [6.45, 7) is 0.845. The Bertz CT molecular complexity index is 1140. The molecule has 1 amide bonds. The molecule has 1 fully saturated rings. The standard InChI is InChI=1S/C22H21F3N2O5S/c1-29-17-7-3-6-15(19(17)30-2)20(28)27(12-14-5-4-10-31-14)21-26-16-9-8-13(11-18(16)33-21)32-22(23,24)25/h3,6-9,11,14H,4-5,10,12H2,1-2H3. The van der Waals surface area contributed by atoms with Gasteiger partial charge in [-0.05, 0) is 37.1 Å². The van der Waals surface area contributed by atoms with Gasteiger partial charge in [-0.25, -0.2) is 4.98 Å². The van der Waals surface area contributed by atoms with E-state index in [1.165, 1.54) is 37.3 Å². The lowest BCUT2D eigenvalue weighted by molar-refractivity contribution is -0.274. The molecular formula is C22H21F3N2O5S. The fraction of sp³-hybridized carbons (Fsp3) is 0.364. The summed E-state index contributed by atoms with van der Waals surface area (Å²) < 4.78 is 58.7. The summed E-state index contributed by atoms with van der Waals surface area (Å²) >= 11 is 1.09. The third kappa shape index (κ3) is 5.14. The number of nitrogens with zero attached hydrogens (tertiary/aromatic N) is 2. The van der Waals surface area contributed by atoms with Crippen molar-refractivity contribution in [3.05, 3.63) is 42.0 Å². The van der Waals surface area contributed by atoms with Crippen molar-refractivity contribution in [3.63, 3.8) is 0 Å². The van der Waals surface area contributed by atoms with Gasteiger partial charge in [0.25, 0.3) is 5.91 Å². The number of methoxy groups -OCH3 is 2. The number of hydrogen-bond donors (Lipinski definition) is 0. The number of fused-ring (bicyclic) bond motifs is 1. The Morgan fingerprint density at radius 3 is 2.73 bits per heavy atom. The van der Waals surface area contributed by atoms with Gasteiger partial charge < -0.3 is 18.9 Å². The number of hydrogen-bond acceptors (Lipinski definition) is 7. The summed E-state index contributed by atoms with van der Waals surface area (Å²) in [6.07, 6.45) is -3.31. The highest BCUT2D eigenvalue weighted by Gasteiger charge is 2.32. The van der Waals surface area contributed by atoms with Gasteiger partial charge in [-0.1, -0.05) is 17.4 Å². The van der Waals surface area contributed by atoms with E-state index in [2.05, 4.69) is 9.72 Å². The van der Waals surface area contributed by atoms with Crippen LogP contribution in [-0.2, 0) is 4.74 Å². The Morgan fingerprint density at radius 2 is 2.06 bits per heavy atom. The van der Waals surface area contributed by atoms with Gasteiger partial charge >= 0.3 is 6.36 Å². The molecule has 33 heavy (non-hydrogen) atoms. The number of halogens is 3. The topological polar surface area (TPSA) is 70.1 Å². The predicted octanol–water partition coefficient (Wildman–Crippen LogP) is 5.04. The first-order chi connectivity index (χ1) is 15.8. The molecule has 7 nitrogen and oxygen atoms in total. The SMILES string of the molecule is COc1cccc(C(=O)N(CC2CCCO2)c2nc3ccc(OC(F)(F)F)cc3s2)c1OC. The molecule has 1 aliphatic rings. The fourth-order valence-corrected chi connectivity index (χ4v) is 4.65. The van der Waals surface area contributed by atoms with Crippen LogP contribution in [0.15, 0.2) is 36.4 Å². The van der Waals surface area contributed by atoms with Crippen molar-refractivity contribution in [1.29, 1.82) is 0 Å². The van der Waals surface area contributed by atoms with Crippen molar-refractivity contribution in [2.75, 3.05) is 32.3 Å². The molecule has 0 N–H and O–H groups in total. The van der Waals surface area contributed by atoms with E-state index < -0.39 is 6.36 Å². The van der Waals surface area contributed by atoms with Gasteiger partial charge in [0, 0.05) is 12.7 Å². The first kappa shape index (κ1) is 23.1. The maximum Gasteiger partial charge on any atom is 0.573 e. The molecule has 1 aliphatic heterocycles. The smallest absolute Gasteiger partial charge is 0.493 e. The Balaban J connectivity index is 1.73. The molecule has 0 saturated carbocycles. The minimum atomic E-state index is -4.80. The van der Waals surface area contributed by atoms with Gasteiger partial charge in [-0.3, -0.25) is 9.69 Å². The lowest BCUT2D eigenvalue weighted by Gasteiger charge is -2.24. The molecule has 1 atom stereocenters. The summed E-state index contributed by atoms with van der Waals surface area (Å²) in [7, 11) is 2.92. The molecule has 0 spiro atoms. The lowest BCUT2D eigenvalue weighted by Crippen LogP contribution is -2.37. The Morgan fingerprint density at radius 1 is 1.24 bits per heavy atom. The molecular weight excluding hydrogens is 461 g/mol. The van der Waals surface area contributed by atoms with E-state index in [9.17, 15) is 18.0 Å². The predicted molar refractivity (Wildman–Crippen MR) is 116 cm³/mol. The van der Waals surface area contributed by atoms with Crippen LogP contribution in [0.3, 0.4) is 0 Å². The first-order valence-corrected chi connectivity index (χ1v) is 10.9. The third-order valence-electron chi connectivity index (χ3n) is 5.10. The van der Waals surface area contributed by atoms with E-state index in [-0.39, 0.29) is 35.6 Å². The number of anilines is 1. The number of rotatable bonds is 7. The zero-order valence-corrected chi connectivity index (χ0v) is 18.7. The summed E-state index contributed by atoms with van der Waals surface area (Å²) in [4.78, 5) is 19.6. The molecule has 0 radical (unpaired) electrons. The van der Waals surface area contributed by atoms with E-state index in [0.29, 0.717) is 27.7 Å². The summed E-state index contributed by atoms with van der Waals surface area (Å²) in [5.41, 5.74) is 0.725. The van der Waals surface area contributed by atoms with E-state index in [0.717, 1.165) is 24.2 Å². The number of alkyl halides is 3. The van der Waals surface area contributed by atoms with Gasteiger partial charge in [0.15, 0.2) is 16.6 Å². The lowest BCUT2D eigenvalue weighted by atomic mass is 10.1. The molecule has 1 aromatic heterocycles. The van der Waals surface area contributed by atoms with Gasteiger partial charge in [0.05, 0.1) is 42.6 Å². The monoisotopic (exact) mass is 482 g/mol. The normalized spacial score (nSPS) is 16.1. The van der Waals surface area contributed by atoms with Gasteiger partial charge in [0.1, 0.15) is 5.75 Å². The third-order valence-corrected chi connectivity index (χ3v) is 6.14. The summed E-state index contributed by atoms with van der Waals surface area (Å²) in [5.74, 6) is -0.0493. The molecule has 2 heterocycles. The van der Waals surface area contributed by atoms with Gasteiger partial charge in [0.2, 0.25) is 0 Å². The van der Waals surface area contributed by atoms with Crippen molar-refractivity contribution in [3.8, 4) is 17.2 Å². The average molecular weight is 482 g/mol. The van der Waals surface area contributed by atoms with E-state index in [1.54, 1.807) is 18.2 Å². The molecule has 0 aliphatic carbocycles. The maximum absolute atomic E-state index is 13.6. The van der Waals surface area contributed by atoms with E-state index in [4.69, 9.17) is 14.2 Å². The molecule has 176 valence electrons. The number of thiazole rings is 1. The number of aromatic nitrogens is 1. The number of para-hydroxylation sites is 1. The number of benzene rings is 2. The minimum absolute atomic E-state index is 0.179. The molecule has 2 aromatic carbocycles. The first-order valence-electron chi connectivity index (χ1n) is 10.1. The van der Waals surface area contributed by atoms with Crippen LogP contribution in [0.4, 0.5) is 18.3 Å². The molecule has 0 bridgehead atoms. The zero-order chi connectivity index (χ0) is 23.6. The van der Waals surface area contributed by atoms with Gasteiger partial charge in [-0.15, -0.1) is 13.2 Å². The largest absolute Gasteiger partial charge is 0.573 e. The number of carbonyl (C=O) groups is 1. The number of ether oxygens (including phenoxy) is 4. The van der Waals surface area contributed by atoms with Crippen molar-refractivity contribution in [2.45, 2.75) is 25.3 Å². The maximum atomic E-state index is 13.6. The van der Waals surface area contributed by atoms with Crippen LogP contribution >= 0.6 is 11.3 Å². The van der Waals surface area contributed by atoms with Crippen molar-refractivity contribution in [2.24, 2.45) is 0 Å². The number of amides is 1. The van der Waals surface area contributed by atoms with Crippen LogP contribution in [0.1, 0.15) is 23.2 Å². The highest BCUT2D eigenvalue weighted by Crippen LogP contribution is 2.37. The van der Waals surface area contributed by atoms with Crippen LogP contribution in [0.25, 0.3) is 10.2 Å². The fourth-order valence-electron chi connectivity index (χ4n) is 3.65. The highest BCUT2D eigenvalue weighted by atomic mass is 32.1. The highest BCUT2D eigenvalue weighted by molar-refractivity contribution is 7.22. The second-order valence-electron chi connectivity index (χ2n) is 7.27. The van der Waals surface area contributed by atoms with Crippen LogP contribution < -0.4 is 19.1 Å². The molecule has 1 saturated heterocycles. The van der Waals surface area contributed by atoms with Crippen LogP contribution in [0, 0.1) is 0 Å². The second kappa shape index (κ2) is 9.44. The Labute approximate surface area is 191 Å².